The number of aryl methyl sites for hydroxylation is 2. The molecule has 0 saturated carbocycles. The number of nitrogens with zero attached hydrogens (tertiary/aromatic N) is 3. The molecule has 0 radical (unpaired) electrons. The van der Waals surface area contributed by atoms with Gasteiger partial charge in [-0.05, 0) is 48.4 Å². The van der Waals surface area contributed by atoms with E-state index in [2.05, 4.69) is 14.5 Å². The number of rotatable bonds is 5. The van der Waals surface area contributed by atoms with Gasteiger partial charge in [-0.3, -0.25) is 0 Å². The fourth-order valence-electron chi connectivity index (χ4n) is 3.76. The van der Waals surface area contributed by atoms with E-state index >= 15 is 0 Å². The minimum absolute atomic E-state index is 0.269. The lowest BCUT2D eigenvalue weighted by atomic mass is 10.1. The molecule has 6 nitrogen and oxygen atoms in total. The van der Waals surface area contributed by atoms with Crippen LogP contribution in [0.2, 0.25) is 10.0 Å². The van der Waals surface area contributed by atoms with E-state index in [4.69, 9.17) is 33.3 Å². The predicted octanol–water partition coefficient (Wildman–Crippen LogP) is 6.85. The van der Waals surface area contributed by atoms with Gasteiger partial charge in [0.25, 0.3) is 0 Å². The number of aromatic carboxylic acids is 1. The molecular weight excluding hydrogens is 459 g/mol. The van der Waals surface area contributed by atoms with Crippen LogP contribution in [0.3, 0.4) is 0 Å². The van der Waals surface area contributed by atoms with E-state index in [1.807, 2.05) is 50.4 Å². The molecule has 2 aromatic carbocycles. The molecule has 0 spiro atoms. The van der Waals surface area contributed by atoms with E-state index < -0.39 is 5.97 Å². The molecular formula is C25H22Cl2N4O2. The summed E-state index contributed by atoms with van der Waals surface area (Å²) in [5, 5.41) is 11.0. The van der Waals surface area contributed by atoms with E-state index in [-0.39, 0.29) is 5.56 Å². The second kappa shape index (κ2) is 9.65. The summed E-state index contributed by atoms with van der Waals surface area (Å²) in [4.78, 5) is 23.5. The molecule has 0 unspecified atom stereocenters. The molecule has 0 atom stereocenters. The molecule has 168 valence electrons. The first-order valence-electron chi connectivity index (χ1n) is 10.6. The lowest BCUT2D eigenvalue weighted by Gasteiger charge is -2.11. The molecule has 5 rings (SSSR count). The van der Waals surface area contributed by atoms with Crippen LogP contribution in [0.1, 0.15) is 29.8 Å². The summed E-state index contributed by atoms with van der Waals surface area (Å²) < 4.78 is 2.12. The Kier molecular flexibility index (Phi) is 6.67. The zero-order valence-corrected chi connectivity index (χ0v) is 19.7. The number of fused-ring (bicyclic) bond motifs is 2. The van der Waals surface area contributed by atoms with Crippen molar-refractivity contribution in [1.82, 2.24) is 19.5 Å². The van der Waals surface area contributed by atoms with E-state index in [0.29, 0.717) is 23.0 Å². The van der Waals surface area contributed by atoms with Crippen LogP contribution in [0.25, 0.3) is 33.5 Å². The monoisotopic (exact) mass is 480 g/mol. The molecule has 0 aliphatic heterocycles. The number of benzene rings is 2. The Bertz CT molecular complexity index is 1440. The fourth-order valence-corrected chi connectivity index (χ4v) is 4.08. The second-order valence-corrected chi connectivity index (χ2v) is 8.01. The fraction of sp³-hybridized carbons (Fsp3) is 0.160. The number of imidazole rings is 1. The maximum atomic E-state index is 11.1. The largest absolute Gasteiger partial charge is 0.478 e. The zero-order valence-electron chi connectivity index (χ0n) is 18.1. The Labute approximate surface area is 200 Å². The van der Waals surface area contributed by atoms with Gasteiger partial charge in [0.05, 0.1) is 26.6 Å². The molecule has 2 N–H and O–H groups in total. The SMILES string of the molecule is CC.O=C(O)c1ccc(CCn2c(-c3ccnc4[nH]ccc34)nc3cc(Cl)c(Cl)cc32)cc1. The first-order valence-corrected chi connectivity index (χ1v) is 11.4. The van der Waals surface area contributed by atoms with Gasteiger partial charge in [-0.25, -0.2) is 14.8 Å². The normalized spacial score (nSPS) is 10.9. The highest BCUT2D eigenvalue weighted by Crippen LogP contribution is 2.33. The highest BCUT2D eigenvalue weighted by molar-refractivity contribution is 6.42. The Hall–Kier alpha value is -3.35. The topological polar surface area (TPSA) is 83.8 Å². The Morgan fingerprint density at radius 3 is 2.52 bits per heavy atom. The van der Waals surface area contributed by atoms with Gasteiger partial charge in [-0.15, -0.1) is 0 Å². The van der Waals surface area contributed by atoms with Gasteiger partial charge in [0.2, 0.25) is 0 Å². The van der Waals surface area contributed by atoms with Crippen LogP contribution >= 0.6 is 23.2 Å². The van der Waals surface area contributed by atoms with Gasteiger partial charge in [0.1, 0.15) is 11.5 Å². The van der Waals surface area contributed by atoms with Gasteiger partial charge in [-0.2, -0.15) is 0 Å². The standard InChI is InChI=1S/C23H16Cl2N4O2.C2H6/c24-17-11-19-20(12-18(17)25)29(10-7-13-1-3-14(4-2-13)23(30)31)22(28-19)16-6-9-27-21-15(16)5-8-26-21;1-2/h1-6,8-9,11-12H,7,10H2,(H,26,27)(H,30,31);1-2H3. The van der Waals surface area contributed by atoms with E-state index in [9.17, 15) is 4.79 Å². The number of halogens is 2. The lowest BCUT2D eigenvalue weighted by Crippen LogP contribution is -2.04. The Morgan fingerprint density at radius 1 is 1.06 bits per heavy atom. The lowest BCUT2D eigenvalue weighted by molar-refractivity contribution is 0.0697. The third-order valence-corrected chi connectivity index (χ3v) is 6.04. The summed E-state index contributed by atoms with van der Waals surface area (Å²) in [7, 11) is 0. The van der Waals surface area contributed by atoms with Crippen molar-refractivity contribution in [3.05, 3.63) is 82.1 Å². The predicted molar refractivity (Wildman–Crippen MR) is 133 cm³/mol. The van der Waals surface area contributed by atoms with Gasteiger partial charge in [0.15, 0.2) is 0 Å². The molecule has 3 aromatic heterocycles. The second-order valence-electron chi connectivity index (χ2n) is 7.19. The molecule has 0 aliphatic rings. The molecule has 0 bridgehead atoms. The summed E-state index contributed by atoms with van der Waals surface area (Å²) in [6.45, 7) is 4.63. The van der Waals surface area contributed by atoms with Crippen molar-refractivity contribution >= 4 is 51.2 Å². The smallest absolute Gasteiger partial charge is 0.335 e. The Morgan fingerprint density at radius 2 is 1.79 bits per heavy atom. The maximum Gasteiger partial charge on any atom is 0.335 e. The number of hydrogen-bond donors (Lipinski definition) is 2. The number of H-pyrrole nitrogens is 1. The average molecular weight is 481 g/mol. The van der Waals surface area contributed by atoms with Crippen LogP contribution in [-0.2, 0) is 13.0 Å². The van der Waals surface area contributed by atoms with Gasteiger partial charge in [-0.1, -0.05) is 49.2 Å². The number of nitrogens with one attached hydrogen (secondary N) is 1. The van der Waals surface area contributed by atoms with Gasteiger partial charge < -0.3 is 14.7 Å². The third-order valence-electron chi connectivity index (χ3n) is 5.32. The van der Waals surface area contributed by atoms with Crippen LogP contribution in [0.4, 0.5) is 0 Å². The highest BCUT2D eigenvalue weighted by atomic mass is 35.5. The first-order chi connectivity index (χ1) is 16.0. The number of carboxylic acids is 1. The number of aromatic nitrogens is 4. The van der Waals surface area contributed by atoms with Crippen LogP contribution in [0, 0.1) is 0 Å². The first kappa shape index (κ1) is 22.8. The van der Waals surface area contributed by atoms with E-state index in [0.717, 1.165) is 39.0 Å². The number of pyridine rings is 1. The van der Waals surface area contributed by atoms with Crippen molar-refractivity contribution in [3.8, 4) is 11.4 Å². The molecule has 0 saturated heterocycles. The van der Waals surface area contributed by atoms with Crippen molar-refractivity contribution in [2.24, 2.45) is 0 Å². The van der Waals surface area contributed by atoms with Crippen molar-refractivity contribution in [2.75, 3.05) is 0 Å². The van der Waals surface area contributed by atoms with E-state index in [1.165, 1.54) is 0 Å². The van der Waals surface area contributed by atoms with Crippen LogP contribution < -0.4 is 0 Å². The summed E-state index contributed by atoms with van der Waals surface area (Å²) >= 11 is 12.6. The summed E-state index contributed by atoms with van der Waals surface area (Å²) in [5.41, 5.74) is 4.68. The Balaban J connectivity index is 0.00000126. The van der Waals surface area contributed by atoms with Gasteiger partial charge in [0, 0.05) is 29.9 Å². The van der Waals surface area contributed by atoms with Crippen molar-refractivity contribution in [3.63, 3.8) is 0 Å². The summed E-state index contributed by atoms with van der Waals surface area (Å²) in [6.07, 6.45) is 4.30. The molecule has 5 aromatic rings. The number of carbonyl (C=O) groups is 1. The summed E-state index contributed by atoms with van der Waals surface area (Å²) in [5.74, 6) is -0.142. The van der Waals surface area contributed by atoms with Crippen LogP contribution in [0.5, 0.6) is 0 Å². The quantitative estimate of drug-likeness (QED) is 0.288. The molecule has 33 heavy (non-hydrogen) atoms. The molecule has 0 fully saturated rings. The highest BCUT2D eigenvalue weighted by Gasteiger charge is 2.17. The average Bonchev–Trinajstić information content (AvgIpc) is 3.44. The van der Waals surface area contributed by atoms with E-state index in [1.54, 1.807) is 24.4 Å². The van der Waals surface area contributed by atoms with Crippen LogP contribution in [0.15, 0.2) is 60.9 Å². The number of carboxylic acid groups (broad SMARTS) is 1. The molecule has 0 amide bonds. The van der Waals surface area contributed by atoms with Gasteiger partial charge >= 0.3 is 5.97 Å². The number of hydrogen-bond acceptors (Lipinski definition) is 3. The minimum atomic E-state index is -0.936. The van der Waals surface area contributed by atoms with Crippen molar-refractivity contribution in [2.45, 2.75) is 26.8 Å². The minimum Gasteiger partial charge on any atom is -0.478 e. The molecule has 0 aliphatic carbocycles. The maximum absolute atomic E-state index is 11.1. The molecule has 3 heterocycles. The van der Waals surface area contributed by atoms with Crippen molar-refractivity contribution < 1.29 is 9.90 Å². The van der Waals surface area contributed by atoms with Crippen molar-refractivity contribution in [1.29, 1.82) is 0 Å². The number of aromatic amines is 1. The molecule has 8 heteroatoms. The third kappa shape index (κ3) is 4.45. The zero-order chi connectivity index (χ0) is 23.5. The van der Waals surface area contributed by atoms with Crippen LogP contribution in [-0.4, -0.2) is 30.6 Å². The summed E-state index contributed by atoms with van der Waals surface area (Å²) in [6, 6.07) is 14.4.